The number of halogens is 2. The highest BCUT2D eigenvalue weighted by molar-refractivity contribution is 6.47. The summed E-state index contributed by atoms with van der Waals surface area (Å²) >= 11 is 12.0. The number of nitrogens with zero attached hydrogens (tertiary/aromatic N) is 3. The average molecular weight is 463 g/mol. The Morgan fingerprint density at radius 1 is 1.23 bits per heavy atom. The zero-order valence-corrected chi connectivity index (χ0v) is 17.2. The van der Waals surface area contributed by atoms with Crippen molar-refractivity contribution < 1.29 is 24.0 Å². The molecule has 2 atom stereocenters. The number of nitro benzene ring substituents is 1. The van der Waals surface area contributed by atoms with Gasteiger partial charge in [0.05, 0.1) is 27.8 Å². The molecular weight excluding hydrogens is 451 g/mol. The largest absolute Gasteiger partial charge is 0.464 e. The molecule has 10 nitrogen and oxygen atoms in total. The fraction of sp³-hybridized carbons (Fsp3) is 0.158. The molecule has 2 aliphatic rings. The van der Waals surface area contributed by atoms with Gasteiger partial charge in [-0.1, -0.05) is 35.3 Å². The van der Waals surface area contributed by atoms with Crippen LogP contribution in [-0.4, -0.2) is 35.5 Å². The van der Waals surface area contributed by atoms with Gasteiger partial charge >= 0.3 is 5.97 Å². The van der Waals surface area contributed by atoms with Gasteiger partial charge in [-0.25, -0.2) is 9.69 Å². The number of hydrogen-bond acceptors (Lipinski definition) is 8. The molecular formula is C19H12Cl2N4O6. The van der Waals surface area contributed by atoms with Crippen molar-refractivity contribution in [3.8, 4) is 0 Å². The van der Waals surface area contributed by atoms with Crippen molar-refractivity contribution in [1.82, 2.24) is 5.43 Å². The molecule has 1 N–H and O–H groups in total. The quantitative estimate of drug-likeness (QED) is 0.319. The monoisotopic (exact) mass is 462 g/mol. The molecule has 2 aromatic rings. The number of carbonyl (C=O) groups excluding carboxylic acids is 3. The number of anilines is 1. The molecule has 0 unspecified atom stereocenters. The second kappa shape index (κ2) is 7.33. The summed E-state index contributed by atoms with van der Waals surface area (Å²) in [6.45, 7) is 0. The van der Waals surface area contributed by atoms with Crippen LogP contribution >= 0.6 is 23.2 Å². The van der Waals surface area contributed by atoms with E-state index in [0.29, 0.717) is 0 Å². The minimum atomic E-state index is -1.88. The van der Waals surface area contributed by atoms with Crippen LogP contribution in [0.1, 0.15) is 5.56 Å². The normalized spacial score (nSPS) is 22.1. The fourth-order valence-electron chi connectivity index (χ4n) is 3.72. The number of non-ortho nitro benzene ring substituents is 1. The van der Waals surface area contributed by atoms with Crippen molar-refractivity contribution in [3.05, 3.63) is 68.2 Å². The number of rotatable bonds is 4. The van der Waals surface area contributed by atoms with Gasteiger partial charge in [0, 0.05) is 12.1 Å². The van der Waals surface area contributed by atoms with E-state index in [4.69, 9.17) is 27.9 Å². The Labute approximate surface area is 184 Å². The summed E-state index contributed by atoms with van der Waals surface area (Å²) in [7, 11) is 1.11. The smallest absolute Gasteiger partial charge is 0.355 e. The van der Waals surface area contributed by atoms with E-state index in [-0.39, 0.29) is 32.7 Å². The van der Waals surface area contributed by atoms with Crippen molar-refractivity contribution in [2.45, 2.75) is 5.54 Å². The van der Waals surface area contributed by atoms with Gasteiger partial charge in [0.25, 0.3) is 11.6 Å². The molecule has 2 aliphatic heterocycles. The molecule has 0 saturated carbocycles. The summed E-state index contributed by atoms with van der Waals surface area (Å²) in [5.74, 6) is -3.89. The zero-order valence-electron chi connectivity index (χ0n) is 15.7. The average Bonchev–Trinajstić information content (AvgIpc) is 3.26. The van der Waals surface area contributed by atoms with Crippen molar-refractivity contribution in [2.24, 2.45) is 11.0 Å². The number of hydrogen-bond donors (Lipinski definition) is 1. The molecule has 2 amide bonds. The first-order valence-electron chi connectivity index (χ1n) is 8.73. The molecule has 0 spiro atoms. The van der Waals surface area contributed by atoms with Crippen LogP contribution in [-0.2, 0) is 24.7 Å². The lowest BCUT2D eigenvalue weighted by molar-refractivity contribution is -0.385. The second-order valence-corrected chi connectivity index (χ2v) is 7.54. The number of esters is 1. The molecule has 12 heteroatoms. The Morgan fingerprint density at radius 3 is 2.61 bits per heavy atom. The van der Waals surface area contributed by atoms with Gasteiger partial charge in [0.2, 0.25) is 5.91 Å². The Morgan fingerprint density at radius 2 is 1.97 bits per heavy atom. The van der Waals surface area contributed by atoms with Crippen molar-refractivity contribution >= 4 is 58.1 Å². The highest BCUT2D eigenvalue weighted by atomic mass is 35.5. The summed E-state index contributed by atoms with van der Waals surface area (Å²) < 4.78 is 4.71. The van der Waals surface area contributed by atoms with Gasteiger partial charge in [0.1, 0.15) is 5.92 Å². The summed E-state index contributed by atoms with van der Waals surface area (Å²) in [6.07, 6.45) is 0. The zero-order chi connectivity index (χ0) is 22.5. The summed E-state index contributed by atoms with van der Waals surface area (Å²) in [6, 6.07) is 9.36. The summed E-state index contributed by atoms with van der Waals surface area (Å²) in [4.78, 5) is 50.8. The minimum absolute atomic E-state index is 0.0928. The van der Waals surface area contributed by atoms with Gasteiger partial charge in [-0.3, -0.25) is 25.1 Å². The minimum Gasteiger partial charge on any atom is -0.464 e. The first kappa shape index (κ1) is 20.8. The molecule has 0 radical (unpaired) electrons. The van der Waals surface area contributed by atoms with E-state index in [1.165, 1.54) is 36.4 Å². The number of methoxy groups -OCH3 is 1. The number of fused-ring (bicyclic) bond motifs is 1. The summed E-state index contributed by atoms with van der Waals surface area (Å²) in [5, 5.41) is 15.5. The van der Waals surface area contributed by atoms with Gasteiger partial charge in [-0.05, 0) is 23.8 Å². The maximum Gasteiger partial charge on any atom is 0.355 e. The molecule has 0 aliphatic carbocycles. The number of imide groups is 1. The van der Waals surface area contributed by atoms with Crippen LogP contribution in [0.25, 0.3) is 0 Å². The molecule has 2 aromatic carbocycles. The predicted molar refractivity (Wildman–Crippen MR) is 110 cm³/mol. The molecule has 1 saturated heterocycles. The van der Waals surface area contributed by atoms with Gasteiger partial charge in [0.15, 0.2) is 11.3 Å². The highest BCUT2D eigenvalue weighted by Crippen LogP contribution is 2.46. The van der Waals surface area contributed by atoms with Gasteiger partial charge < -0.3 is 4.74 Å². The van der Waals surface area contributed by atoms with E-state index in [0.717, 1.165) is 18.1 Å². The number of amides is 2. The third-order valence-electron chi connectivity index (χ3n) is 5.14. The lowest BCUT2D eigenvalue weighted by Gasteiger charge is -2.26. The number of ether oxygens (including phenoxy) is 1. The lowest BCUT2D eigenvalue weighted by Crippen LogP contribution is -2.48. The number of nitrogens with one attached hydrogen (secondary N) is 1. The third kappa shape index (κ3) is 2.94. The summed E-state index contributed by atoms with van der Waals surface area (Å²) in [5.41, 5.74) is 0.293. The molecule has 0 aromatic heterocycles. The Balaban J connectivity index is 1.92. The van der Waals surface area contributed by atoms with Crippen molar-refractivity contribution in [2.75, 3.05) is 12.0 Å². The van der Waals surface area contributed by atoms with Crippen LogP contribution < -0.4 is 10.3 Å². The van der Waals surface area contributed by atoms with E-state index in [1.54, 1.807) is 0 Å². The maximum absolute atomic E-state index is 13.6. The van der Waals surface area contributed by atoms with Crippen molar-refractivity contribution in [1.29, 1.82) is 0 Å². The Kier molecular flexibility index (Phi) is 4.91. The molecule has 0 bridgehead atoms. The van der Waals surface area contributed by atoms with Crippen molar-refractivity contribution in [3.63, 3.8) is 0 Å². The van der Waals surface area contributed by atoms with Crippen LogP contribution in [0.5, 0.6) is 0 Å². The molecule has 31 heavy (non-hydrogen) atoms. The first-order chi connectivity index (χ1) is 14.7. The molecule has 4 rings (SSSR count). The Hall–Kier alpha value is -3.50. The maximum atomic E-state index is 13.6. The topological polar surface area (TPSA) is 131 Å². The number of hydrazone groups is 1. The van der Waals surface area contributed by atoms with E-state index in [9.17, 15) is 24.5 Å². The van der Waals surface area contributed by atoms with Crippen LogP contribution in [0, 0.1) is 16.0 Å². The number of carbonyl (C=O) groups is 3. The SMILES string of the molecule is COC(=O)C1=NN[C@@]2(c3cccc([N+](=O)[O-])c3)C(=O)N(c3ccc(Cl)c(Cl)c3)C(=O)[C@H]12. The van der Waals surface area contributed by atoms with Crippen LogP contribution in [0.15, 0.2) is 47.6 Å². The Bertz CT molecular complexity index is 1200. The van der Waals surface area contributed by atoms with E-state index < -0.39 is 34.2 Å². The number of benzene rings is 2. The van der Waals surface area contributed by atoms with Gasteiger partial charge in [-0.2, -0.15) is 5.10 Å². The van der Waals surface area contributed by atoms with Gasteiger partial charge in [-0.15, -0.1) is 0 Å². The molecule has 2 heterocycles. The third-order valence-corrected chi connectivity index (χ3v) is 5.87. The highest BCUT2D eigenvalue weighted by Gasteiger charge is 2.67. The molecule has 1 fully saturated rings. The van der Waals surface area contributed by atoms with Crippen LogP contribution in [0.2, 0.25) is 10.0 Å². The number of nitro groups is 1. The lowest BCUT2D eigenvalue weighted by atomic mass is 9.78. The second-order valence-electron chi connectivity index (χ2n) is 6.73. The van der Waals surface area contributed by atoms with E-state index in [1.807, 2.05) is 0 Å². The van der Waals surface area contributed by atoms with Crippen LogP contribution in [0.4, 0.5) is 11.4 Å². The van der Waals surface area contributed by atoms with E-state index in [2.05, 4.69) is 10.5 Å². The van der Waals surface area contributed by atoms with E-state index >= 15 is 0 Å². The standard InChI is InChI=1S/C19H12Cl2N4O6/c1-31-17(27)15-14-16(26)24(10-5-6-12(20)13(21)8-10)18(28)19(14,23-22-15)9-3-2-4-11(7-9)25(29)30/h2-8,14,23H,1H3/t14-,19+/m0/s1. The predicted octanol–water partition coefficient (Wildman–Crippen LogP) is 2.42. The fourth-order valence-corrected chi connectivity index (χ4v) is 4.01. The molecule has 158 valence electrons. The van der Waals surface area contributed by atoms with Crippen LogP contribution in [0.3, 0.4) is 0 Å². The first-order valence-corrected chi connectivity index (χ1v) is 9.49.